The number of ether oxygens (including phenoxy) is 2. The van der Waals surface area contributed by atoms with Crippen LogP contribution >= 0.6 is 11.8 Å². The van der Waals surface area contributed by atoms with Crippen molar-refractivity contribution in [2.24, 2.45) is 0 Å². The molecule has 7 nitrogen and oxygen atoms in total. The van der Waals surface area contributed by atoms with E-state index in [1.54, 1.807) is 24.3 Å². The molecule has 1 atom stereocenters. The van der Waals surface area contributed by atoms with Crippen molar-refractivity contribution < 1.29 is 24.2 Å². The minimum absolute atomic E-state index is 0.164. The van der Waals surface area contributed by atoms with Gasteiger partial charge in [0.25, 0.3) is 5.91 Å². The maximum atomic E-state index is 12.3. The van der Waals surface area contributed by atoms with Crippen molar-refractivity contribution in [3.8, 4) is 11.5 Å². The zero-order chi connectivity index (χ0) is 20.8. The third kappa shape index (κ3) is 5.45. The van der Waals surface area contributed by atoms with E-state index < -0.39 is 12.6 Å². The van der Waals surface area contributed by atoms with Crippen molar-refractivity contribution in [2.75, 3.05) is 19.0 Å². The molecule has 1 amide bonds. The normalized spacial score (nSPS) is 17.1. The third-order valence-corrected chi connectivity index (χ3v) is 5.26. The highest BCUT2D eigenvalue weighted by Gasteiger charge is 2.27. The van der Waals surface area contributed by atoms with Crippen LogP contribution in [0.15, 0.2) is 47.4 Å². The lowest BCUT2D eigenvalue weighted by atomic mass is 10.1. The third-order valence-electron chi connectivity index (χ3n) is 4.23. The Morgan fingerprint density at radius 1 is 1.24 bits per heavy atom. The molecule has 1 fully saturated rings. The van der Waals surface area contributed by atoms with Gasteiger partial charge in [-0.3, -0.25) is 4.79 Å². The fourth-order valence-corrected chi connectivity index (χ4v) is 3.72. The molecule has 1 heterocycles. The van der Waals surface area contributed by atoms with Crippen molar-refractivity contribution in [3.63, 3.8) is 0 Å². The Hall–Kier alpha value is -3.13. The average molecular weight is 414 g/mol. The number of carbonyl (C=O) groups excluding carboxylic acids is 1. The number of rotatable bonds is 8. The molecule has 1 aliphatic heterocycles. The monoisotopic (exact) mass is 414 g/mol. The Morgan fingerprint density at radius 3 is 2.66 bits per heavy atom. The molecular weight excluding hydrogens is 392 g/mol. The lowest BCUT2D eigenvalue weighted by Gasteiger charge is -2.13. The van der Waals surface area contributed by atoms with Gasteiger partial charge >= 0.3 is 5.97 Å². The van der Waals surface area contributed by atoms with Crippen LogP contribution in [-0.2, 0) is 16.0 Å². The first-order valence-corrected chi connectivity index (χ1v) is 9.93. The fraction of sp³-hybridized carbons (Fsp3) is 0.238. The van der Waals surface area contributed by atoms with E-state index in [1.807, 2.05) is 12.1 Å². The highest BCUT2D eigenvalue weighted by molar-refractivity contribution is 8.05. The van der Waals surface area contributed by atoms with Gasteiger partial charge in [-0.2, -0.15) is 0 Å². The summed E-state index contributed by atoms with van der Waals surface area (Å²) in [5, 5.41) is 14.9. The molecule has 29 heavy (non-hydrogen) atoms. The maximum absolute atomic E-state index is 12.3. The van der Waals surface area contributed by atoms with Gasteiger partial charge in [-0.15, -0.1) is 0 Å². The molecule has 0 radical (unpaired) electrons. The molecule has 1 unspecified atom stereocenters. The number of thioether (sulfide) groups is 1. The molecule has 0 aromatic heterocycles. The number of hydrogen-bond acceptors (Lipinski definition) is 6. The van der Waals surface area contributed by atoms with Crippen molar-refractivity contribution in [2.45, 2.75) is 18.8 Å². The second kappa shape index (κ2) is 9.38. The smallest absolute Gasteiger partial charge is 0.341 e. The average Bonchev–Trinajstić information content (AvgIpc) is 3.06. The van der Waals surface area contributed by atoms with E-state index in [-0.39, 0.29) is 11.4 Å². The van der Waals surface area contributed by atoms with Crippen LogP contribution in [-0.4, -0.2) is 36.2 Å². The van der Waals surface area contributed by atoms with Gasteiger partial charge in [0.1, 0.15) is 0 Å². The largest absolute Gasteiger partial charge is 0.493 e. The molecule has 152 valence electrons. The van der Waals surface area contributed by atoms with Crippen LogP contribution in [0.4, 0.5) is 5.69 Å². The van der Waals surface area contributed by atoms with E-state index in [2.05, 4.69) is 29.7 Å². The quantitative estimate of drug-likeness (QED) is 0.570. The summed E-state index contributed by atoms with van der Waals surface area (Å²) in [7, 11) is 1.47. The number of methoxy groups -OCH3 is 1. The van der Waals surface area contributed by atoms with Crippen LogP contribution in [0, 0.1) is 0 Å². The first kappa shape index (κ1) is 20.6. The highest BCUT2D eigenvalue weighted by Crippen LogP contribution is 2.33. The van der Waals surface area contributed by atoms with E-state index >= 15 is 0 Å². The minimum atomic E-state index is -1.07. The highest BCUT2D eigenvalue weighted by atomic mass is 32.2. The summed E-state index contributed by atoms with van der Waals surface area (Å²) >= 11 is 1.39. The Morgan fingerprint density at radius 2 is 2.00 bits per heavy atom. The van der Waals surface area contributed by atoms with Crippen LogP contribution in [0.5, 0.6) is 11.5 Å². The molecule has 2 aromatic carbocycles. The Labute approximate surface area is 173 Å². The number of hydrogen-bond donors (Lipinski definition) is 3. The van der Waals surface area contributed by atoms with Gasteiger partial charge in [-0.05, 0) is 47.9 Å². The standard InChI is InChI=1S/C21H22N2O5S/c1-3-13-4-7-15(8-5-13)22-21-23-20(26)18(29-21)11-14-6-9-16(17(10-14)27-2)28-12-19(24)25/h4-11,21-22H,3,12H2,1-2H3,(H,23,26)(H,24,25). The van der Waals surface area contributed by atoms with Gasteiger partial charge < -0.3 is 25.2 Å². The number of aryl methyl sites for hydroxylation is 1. The Bertz CT molecular complexity index is 927. The van der Waals surface area contributed by atoms with Gasteiger partial charge in [-0.1, -0.05) is 36.9 Å². The predicted molar refractivity (Wildman–Crippen MR) is 113 cm³/mol. The molecule has 2 aromatic rings. The van der Waals surface area contributed by atoms with E-state index in [0.717, 1.165) is 17.7 Å². The molecule has 0 bridgehead atoms. The van der Waals surface area contributed by atoms with Crippen molar-refractivity contribution in [1.29, 1.82) is 0 Å². The maximum Gasteiger partial charge on any atom is 0.341 e. The minimum Gasteiger partial charge on any atom is -0.493 e. The lowest BCUT2D eigenvalue weighted by Crippen LogP contribution is -2.30. The van der Waals surface area contributed by atoms with Crippen molar-refractivity contribution in [3.05, 3.63) is 58.5 Å². The molecule has 1 saturated heterocycles. The van der Waals surface area contributed by atoms with E-state index in [9.17, 15) is 9.59 Å². The van der Waals surface area contributed by atoms with E-state index in [4.69, 9.17) is 14.6 Å². The van der Waals surface area contributed by atoms with Crippen molar-refractivity contribution >= 4 is 35.4 Å². The number of amides is 1. The van der Waals surface area contributed by atoms with Crippen LogP contribution in [0.3, 0.4) is 0 Å². The topological polar surface area (TPSA) is 96.9 Å². The summed E-state index contributed by atoms with van der Waals surface area (Å²) in [5.41, 5.74) is 2.67. The zero-order valence-electron chi connectivity index (χ0n) is 16.1. The van der Waals surface area contributed by atoms with Gasteiger partial charge in [-0.25, -0.2) is 4.79 Å². The number of anilines is 1. The summed E-state index contributed by atoms with van der Waals surface area (Å²) in [5.74, 6) is -0.506. The first-order valence-electron chi connectivity index (χ1n) is 9.06. The van der Waals surface area contributed by atoms with Crippen LogP contribution < -0.4 is 20.1 Å². The zero-order valence-corrected chi connectivity index (χ0v) is 16.9. The van der Waals surface area contributed by atoms with Gasteiger partial charge in [0.2, 0.25) is 0 Å². The summed E-state index contributed by atoms with van der Waals surface area (Å²) in [6.07, 6.45) is 2.73. The molecule has 1 aliphatic rings. The predicted octanol–water partition coefficient (Wildman–Crippen LogP) is 3.32. The van der Waals surface area contributed by atoms with Crippen LogP contribution in [0.25, 0.3) is 6.08 Å². The molecular formula is C21H22N2O5S. The molecule has 8 heteroatoms. The van der Waals surface area contributed by atoms with Gasteiger partial charge in [0.15, 0.2) is 23.6 Å². The molecule has 0 spiro atoms. The summed E-state index contributed by atoms with van der Waals surface area (Å²) in [4.78, 5) is 23.6. The number of benzene rings is 2. The number of nitrogens with one attached hydrogen (secondary N) is 2. The second-order valence-corrected chi connectivity index (χ2v) is 7.41. The molecule has 0 saturated carbocycles. The van der Waals surface area contributed by atoms with Gasteiger partial charge in [0.05, 0.1) is 12.0 Å². The summed E-state index contributed by atoms with van der Waals surface area (Å²) < 4.78 is 10.5. The van der Waals surface area contributed by atoms with Crippen molar-refractivity contribution in [1.82, 2.24) is 5.32 Å². The SMILES string of the molecule is CCc1ccc(NC2NC(=O)C(=Cc3ccc(OCC(=O)O)c(OC)c3)S2)cc1. The summed E-state index contributed by atoms with van der Waals surface area (Å²) in [6.45, 7) is 1.65. The summed E-state index contributed by atoms with van der Waals surface area (Å²) in [6, 6.07) is 13.2. The lowest BCUT2D eigenvalue weighted by molar-refractivity contribution is -0.139. The van der Waals surface area contributed by atoms with Gasteiger partial charge in [0, 0.05) is 5.69 Å². The second-order valence-electron chi connectivity index (χ2n) is 6.27. The number of carboxylic acids is 1. The first-order chi connectivity index (χ1) is 14.0. The fourth-order valence-electron chi connectivity index (χ4n) is 2.74. The Balaban J connectivity index is 1.69. The Kier molecular flexibility index (Phi) is 6.66. The number of carbonyl (C=O) groups is 2. The van der Waals surface area contributed by atoms with Crippen LogP contribution in [0.1, 0.15) is 18.1 Å². The van der Waals surface area contributed by atoms with E-state index in [1.165, 1.54) is 24.4 Å². The molecule has 3 N–H and O–H groups in total. The van der Waals surface area contributed by atoms with Crippen LogP contribution in [0.2, 0.25) is 0 Å². The van der Waals surface area contributed by atoms with E-state index in [0.29, 0.717) is 16.4 Å². The molecule has 0 aliphatic carbocycles. The molecule has 3 rings (SSSR count). The number of aliphatic carboxylic acids is 1. The number of carboxylic acid groups (broad SMARTS) is 1.